The first-order chi connectivity index (χ1) is 10.4. The van der Waals surface area contributed by atoms with Crippen molar-refractivity contribution in [2.75, 3.05) is 0 Å². The first kappa shape index (κ1) is 15.0. The molecule has 1 unspecified atom stereocenters. The molecule has 0 aromatic carbocycles. The maximum Gasteiger partial charge on any atom is 0.326 e. The van der Waals surface area contributed by atoms with Crippen molar-refractivity contribution >= 4 is 33.4 Å². The van der Waals surface area contributed by atoms with E-state index in [0.717, 1.165) is 28.8 Å². The summed E-state index contributed by atoms with van der Waals surface area (Å²) in [5.41, 5.74) is 0.963. The molecule has 118 valence electrons. The minimum Gasteiger partial charge on any atom is -0.480 e. The summed E-state index contributed by atoms with van der Waals surface area (Å²) in [6.07, 6.45) is 1.73. The van der Waals surface area contributed by atoms with Crippen molar-refractivity contribution in [3.05, 3.63) is 16.6 Å². The van der Waals surface area contributed by atoms with Crippen LogP contribution in [0.2, 0.25) is 0 Å². The topological polar surface area (TPSA) is 84.2 Å². The summed E-state index contributed by atoms with van der Waals surface area (Å²) in [6, 6.07) is 1.05. The van der Waals surface area contributed by atoms with Crippen molar-refractivity contribution in [2.45, 2.75) is 38.6 Å². The molecule has 0 aliphatic heterocycles. The lowest BCUT2D eigenvalue weighted by atomic mass is 10.1. The predicted octanol–water partition coefficient (Wildman–Crippen LogP) is 2.35. The van der Waals surface area contributed by atoms with Gasteiger partial charge >= 0.3 is 5.97 Å². The summed E-state index contributed by atoms with van der Waals surface area (Å²) in [5, 5.41) is 17.3. The monoisotopic (exact) mass is 321 g/mol. The third-order valence-corrected chi connectivity index (χ3v) is 5.16. The lowest BCUT2D eigenvalue weighted by Gasteiger charge is -2.12. The van der Waals surface area contributed by atoms with E-state index in [9.17, 15) is 14.7 Å². The Hall–Kier alpha value is -1.89. The Morgan fingerprint density at radius 1 is 1.45 bits per heavy atom. The van der Waals surface area contributed by atoms with Gasteiger partial charge < -0.3 is 10.4 Å². The summed E-state index contributed by atoms with van der Waals surface area (Å²) in [7, 11) is 1.86. The second kappa shape index (κ2) is 5.39. The van der Waals surface area contributed by atoms with E-state index in [1.807, 2.05) is 13.1 Å². The van der Waals surface area contributed by atoms with Gasteiger partial charge in [-0.1, -0.05) is 13.8 Å². The summed E-state index contributed by atoms with van der Waals surface area (Å²) < 4.78 is 1.78. The highest BCUT2D eigenvalue weighted by molar-refractivity contribution is 7.20. The van der Waals surface area contributed by atoms with Crippen LogP contribution in [0, 0.1) is 5.92 Å². The molecule has 0 bridgehead atoms. The van der Waals surface area contributed by atoms with Crippen molar-refractivity contribution in [1.29, 1.82) is 0 Å². The molecule has 1 aliphatic rings. The largest absolute Gasteiger partial charge is 0.480 e. The number of carboxylic acids is 1. The van der Waals surface area contributed by atoms with Gasteiger partial charge in [-0.25, -0.2) is 4.79 Å². The number of thiophene rings is 1. The first-order valence-corrected chi connectivity index (χ1v) is 8.20. The standard InChI is InChI=1S/C15H19N3O3S/c1-7(2)11-9-6-10(22-14(9)18(3)17-11)13(19)16-12(15(20)21)8-4-5-8/h6-8,12H,4-5H2,1-3H3,(H,16,19)(H,20,21). The number of hydrogen-bond donors (Lipinski definition) is 2. The van der Waals surface area contributed by atoms with Crippen LogP contribution < -0.4 is 5.32 Å². The minimum atomic E-state index is -0.957. The van der Waals surface area contributed by atoms with Crippen LogP contribution >= 0.6 is 11.3 Å². The number of nitrogens with zero attached hydrogens (tertiary/aromatic N) is 2. The Labute approximate surface area is 132 Å². The second-order valence-corrected chi connectivity index (χ2v) is 7.15. The lowest BCUT2D eigenvalue weighted by Crippen LogP contribution is -2.42. The van der Waals surface area contributed by atoms with E-state index in [2.05, 4.69) is 24.3 Å². The van der Waals surface area contributed by atoms with Gasteiger partial charge in [0.15, 0.2) is 0 Å². The number of fused-ring (bicyclic) bond motifs is 1. The summed E-state index contributed by atoms with van der Waals surface area (Å²) in [5.74, 6) is -0.923. The van der Waals surface area contributed by atoms with E-state index in [1.54, 1.807) is 4.68 Å². The Morgan fingerprint density at radius 3 is 2.68 bits per heavy atom. The molecule has 2 aromatic rings. The zero-order valence-corrected chi connectivity index (χ0v) is 13.6. The number of hydrogen-bond acceptors (Lipinski definition) is 4. The van der Waals surface area contributed by atoms with Gasteiger partial charge in [0.2, 0.25) is 0 Å². The number of carbonyl (C=O) groups excluding carboxylic acids is 1. The molecule has 2 heterocycles. The van der Waals surface area contributed by atoms with Crippen LogP contribution in [0.5, 0.6) is 0 Å². The van der Waals surface area contributed by atoms with E-state index in [4.69, 9.17) is 0 Å². The van der Waals surface area contributed by atoms with Crippen LogP contribution in [0.4, 0.5) is 0 Å². The fraction of sp³-hybridized carbons (Fsp3) is 0.533. The number of rotatable bonds is 5. The third kappa shape index (κ3) is 2.61. The molecule has 3 rings (SSSR count). The summed E-state index contributed by atoms with van der Waals surface area (Å²) >= 11 is 1.35. The maximum absolute atomic E-state index is 12.4. The molecular formula is C15H19N3O3S. The molecule has 1 atom stereocenters. The Morgan fingerprint density at radius 2 is 2.14 bits per heavy atom. The Balaban J connectivity index is 1.88. The number of amides is 1. The van der Waals surface area contributed by atoms with Crippen molar-refractivity contribution < 1.29 is 14.7 Å². The lowest BCUT2D eigenvalue weighted by molar-refractivity contribution is -0.139. The number of nitrogens with one attached hydrogen (secondary N) is 1. The zero-order valence-electron chi connectivity index (χ0n) is 12.8. The molecule has 2 N–H and O–H groups in total. The Kier molecular flexibility index (Phi) is 3.68. The average molecular weight is 321 g/mol. The smallest absolute Gasteiger partial charge is 0.326 e. The van der Waals surface area contributed by atoms with E-state index < -0.39 is 12.0 Å². The fourth-order valence-electron chi connectivity index (χ4n) is 2.63. The molecule has 22 heavy (non-hydrogen) atoms. The van der Waals surface area contributed by atoms with Crippen LogP contribution in [-0.2, 0) is 11.8 Å². The van der Waals surface area contributed by atoms with Crippen LogP contribution in [-0.4, -0.2) is 32.8 Å². The molecule has 1 amide bonds. The SMILES string of the molecule is CC(C)c1nn(C)c2sc(C(=O)NC(C(=O)O)C3CC3)cc12. The second-order valence-electron chi connectivity index (χ2n) is 6.12. The van der Waals surface area contributed by atoms with Crippen molar-refractivity contribution in [3.8, 4) is 0 Å². The number of aryl methyl sites for hydroxylation is 1. The van der Waals surface area contributed by atoms with E-state index >= 15 is 0 Å². The van der Waals surface area contributed by atoms with Gasteiger partial charge in [-0.05, 0) is 30.7 Å². The van der Waals surface area contributed by atoms with Gasteiger partial charge in [0.25, 0.3) is 5.91 Å². The molecule has 2 aromatic heterocycles. The molecule has 0 radical (unpaired) electrons. The van der Waals surface area contributed by atoms with Crippen LogP contribution in [0.25, 0.3) is 10.2 Å². The maximum atomic E-state index is 12.4. The van der Waals surface area contributed by atoms with E-state index in [-0.39, 0.29) is 17.7 Å². The Bertz CT molecular complexity index is 743. The van der Waals surface area contributed by atoms with Crippen LogP contribution in [0.3, 0.4) is 0 Å². The van der Waals surface area contributed by atoms with Gasteiger partial charge in [-0.2, -0.15) is 5.10 Å². The average Bonchev–Trinajstić information content (AvgIpc) is 3.09. The highest BCUT2D eigenvalue weighted by Crippen LogP contribution is 2.34. The highest BCUT2D eigenvalue weighted by atomic mass is 32.1. The van der Waals surface area contributed by atoms with Crippen molar-refractivity contribution in [1.82, 2.24) is 15.1 Å². The number of carboxylic acid groups (broad SMARTS) is 1. The molecular weight excluding hydrogens is 302 g/mol. The summed E-state index contributed by atoms with van der Waals surface area (Å²) in [4.78, 5) is 25.1. The summed E-state index contributed by atoms with van der Waals surface area (Å²) in [6.45, 7) is 4.12. The van der Waals surface area contributed by atoms with Crippen molar-refractivity contribution in [2.24, 2.45) is 13.0 Å². The molecule has 1 saturated carbocycles. The predicted molar refractivity (Wildman–Crippen MR) is 84.3 cm³/mol. The van der Waals surface area contributed by atoms with Gasteiger partial charge in [0.1, 0.15) is 10.9 Å². The van der Waals surface area contributed by atoms with Crippen molar-refractivity contribution in [3.63, 3.8) is 0 Å². The van der Waals surface area contributed by atoms with Gasteiger partial charge in [0.05, 0.1) is 10.6 Å². The fourth-order valence-corrected chi connectivity index (χ4v) is 3.61. The zero-order chi connectivity index (χ0) is 16.0. The van der Waals surface area contributed by atoms with Gasteiger partial charge in [-0.15, -0.1) is 11.3 Å². The van der Waals surface area contributed by atoms with E-state index in [1.165, 1.54) is 11.3 Å². The first-order valence-electron chi connectivity index (χ1n) is 7.38. The van der Waals surface area contributed by atoms with Crippen LogP contribution in [0.1, 0.15) is 48.0 Å². The highest BCUT2D eigenvalue weighted by Gasteiger charge is 2.37. The normalized spacial score (nSPS) is 16.2. The number of carbonyl (C=O) groups is 2. The molecule has 0 spiro atoms. The van der Waals surface area contributed by atoms with Gasteiger partial charge in [-0.3, -0.25) is 9.48 Å². The molecule has 7 heteroatoms. The number of aromatic nitrogens is 2. The molecule has 6 nitrogen and oxygen atoms in total. The van der Waals surface area contributed by atoms with E-state index in [0.29, 0.717) is 4.88 Å². The third-order valence-electron chi connectivity index (χ3n) is 3.96. The number of aliphatic carboxylic acids is 1. The minimum absolute atomic E-state index is 0.0729. The van der Waals surface area contributed by atoms with Gasteiger partial charge in [0, 0.05) is 12.4 Å². The molecule has 0 saturated heterocycles. The molecule has 1 aliphatic carbocycles. The molecule has 1 fully saturated rings. The van der Waals surface area contributed by atoms with Crippen LogP contribution in [0.15, 0.2) is 6.07 Å². The quantitative estimate of drug-likeness (QED) is 0.885.